The predicted molar refractivity (Wildman–Crippen MR) is 108 cm³/mol. The second-order valence-corrected chi connectivity index (χ2v) is 5.82. The molecule has 146 valence electrons. The first kappa shape index (κ1) is 20.8. The van der Waals surface area contributed by atoms with Crippen molar-refractivity contribution in [3.63, 3.8) is 0 Å². The largest absolute Gasteiger partial charge is 0.392 e. The van der Waals surface area contributed by atoms with Gasteiger partial charge in [0.2, 0.25) is 6.41 Å². The Kier molecular flexibility index (Phi) is 7.02. The molecule has 0 aliphatic heterocycles. The molecule has 3 rings (SSSR count). The average Bonchev–Trinajstić information content (AvgIpc) is 3.13. The van der Waals surface area contributed by atoms with E-state index >= 15 is 0 Å². The van der Waals surface area contributed by atoms with Gasteiger partial charge in [-0.05, 0) is 54.4 Å². The van der Waals surface area contributed by atoms with Crippen LogP contribution in [-0.4, -0.2) is 34.3 Å². The molecule has 0 bridgehead atoms. The van der Waals surface area contributed by atoms with Gasteiger partial charge >= 0.3 is 0 Å². The summed E-state index contributed by atoms with van der Waals surface area (Å²) in [6.07, 6.45) is 2.01. The van der Waals surface area contributed by atoms with Crippen molar-refractivity contribution in [3.05, 3.63) is 65.5 Å². The summed E-state index contributed by atoms with van der Waals surface area (Å²) in [5.74, 6) is -0.719. The highest BCUT2D eigenvalue weighted by atomic mass is 16.3. The molecule has 0 unspecified atom stereocenters. The van der Waals surface area contributed by atoms with Crippen LogP contribution < -0.4 is 16.8 Å². The Morgan fingerprint density at radius 3 is 2.54 bits per heavy atom. The third-order valence-electron chi connectivity index (χ3n) is 4.05. The third-order valence-corrected chi connectivity index (χ3v) is 4.05. The summed E-state index contributed by atoms with van der Waals surface area (Å²) in [5.41, 5.74) is 14.6. The molecule has 1 aromatic heterocycles. The number of benzene rings is 2. The lowest BCUT2D eigenvalue weighted by Gasteiger charge is -2.10. The molecule has 2 aromatic carbocycles. The highest BCUT2D eigenvalue weighted by molar-refractivity contribution is 5.98. The summed E-state index contributed by atoms with van der Waals surface area (Å²) >= 11 is 0. The molecule has 2 amide bonds. The SMILES string of the molecule is CN.Cc1cc(-c2cccc(CO)c2)ccc1-n1cc(NC=O)c(C(N)=O)n1. The maximum atomic E-state index is 11.5. The van der Waals surface area contributed by atoms with Crippen LogP contribution in [0.15, 0.2) is 48.7 Å². The summed E-state index contributed by atoms with van der Waals surface area (Å²) in [4.78, 5) is 22.2. The number of hydrogen-bond donors (Lipinski definition) is 4. The number of primary amides is 1. The molecule has 8 heteroatoms. The average molecular weight is 381 g/mol. The number of hydrogen-bond acceptors (Lipinski definition) is 5. The molecule has 0 radical (unpaired) electrons. The van der Waals surface area contributed by atoms with Gasteiger partial charge in [0.15, 0.2) is 5.69 Å². The second-order valence-electron chi connectivity index (χ2n) is 5.82. The Hall–Kier alpha value is -3.49. The lowest BCUT2D eigenvalue weighted by molar-refractivity contribution is -0.105. The van der Waals surface area contributed by atoms with Crippen LogP contribution in [0.3, 0.4) is 0 Å². The number of carbonyl (C=O) groups excluding carboxylic acids is 2. The minimum Gasteiger partial charge on any atom is -0.392 e. The van der Waals surface area contributed by atoms with Crippen molar-refractivity contribution in [2.75, 3.05) is 12.4 Å². The first-order chi connectivity index (χ1) is 13.5. The Labute approximate surface area is 162 Å². The standard InChI is InChI=1S/C19H18N4O3.CH5N/c1-12-7-15(14-4-2-3-13(8-14)10-24)5-6-17(12)23-9-16(21-11-25)18(22-23)19(20)26;1-2/h2-9,11,24H,10H2,1H3,(H2,20,26)(H,21,25);2H2,1H3. The Bertz CT molecular complexity index is 982. The van der Waals surface area contributed by atoms with Crippen LogP contribution in [0.1, 0.15) is 21.6 Å². The van der Waals surface area contributed by atoms with Crippen molar-refractivity contribution in [1.29, 1.82) is 0 Å². The van der Waals surface area contributed by atoms with Crippen LogP contribution in [0.2, 0.25) is 0 Å². The van der Waals surface area contributed by atoms with E-state index in [-0.39, 0.29) is 18.0 Å². The van der Waals surface area contributed by atoms with E-state index in [2.05, 4.69) is 16.1 Å². The molecule has 8 nitrogen and oxygen atoms in total. The Balaban J connectivity index is 0.00000136. The minimum atomic E-state index is -0.719. The van der Waals surface area contributed by atoms with Crippen LogP contribution in [-0.2, 0) is 11.4 Å². The number of rotatable bonds is 6. The van der Waals surface area contributed by atoms with Crippen LogP contribution >= 0.6 is 0 Å². The monoisotopic (exact) mass is 381 g/mol. The van der Waals surface area contributed by atoms with Crippen molar-refractivity contribution >= 4 is 18.0 Å². The third kappa shape index (κ3) is 4.43. The highest BCUT2D eigenvalue weighted by Crippen LogP contribution is 2.26. The van der Waals surface area contributed by atoms with Crippen LogP contribution in [0.4, 0.5) is 5.69 Å². The molecule has 6 N–H and O–H groups in total. The van der Waals surface area contributed by atoms with Crippen molar-refractivity contribution < 1.29 is 14.7 Å². The number of carbonyl (C=O) groups is 2. The molecule has 0 saturated heterocycles. The van der Waals surface area contributed by atoms with E-state index < -0.39 is 5.91 Å². The highest BCUT2D eigenvalue weighted by Gasteiger charge is 2.15. The molecular formula is C20H23N5O3. The lowest BCUT2D eigenvalue weighted by atomic mass is 10.0. The van der Waals surface area contributed by atoms with Crippen molar-refractivity contribution in [3.8, 4) is 16.8 Å². The number of aromatic nitrogens is 2. The van der Waals surface area contributed by atoms with Gasteiger partial charge in [0.05, 0.1) is 24.2 Å². The minimum absolute atomic E-state index is 0.00350. The van der Waals surface area contributed by atoms with Crippen LogP contribution in [0.5, 0.6) is 0 Å². The second kappa shape index (κ2) is 9.45. The smallest absolute Gasteiger partial charge is 0.271 e. The van der Waals surface area contributed by atoms with Crippen molar-refractivity contribution in [1.82, 2.24) is 9.78 Å². The van der Waals surface area contributed by atoms with E-state index in [1.807, 2.05) is 49.4 Å². The number of aliphatic hydroxyl groups is 1. The van der Waals surface area contributed by atoms with Gasteiger partial charge in [-0.25, -0.2) is 4.68 Å². The summed E-state index contributed by atoms with van der Waals surface area (Å²) in [7, 11) is 1.50. The number of nitrogens with one attached hydrogen (secondary N) is 1. The molecule has 1 heterocycles. The summed E-state index contributed by atoms with van der Waals surface area (Å²) < 4.78 is 1.51. The van der Waals surface area contributed by atoms with Crippen LogP contribution in [0.25, 0.3) is 16.8 Å². The number of nitrogens with zero attached hydrogens (tertiary/aromatic N) is 2. The van der Waals surface area contributed by atoms with Gasteiger partial charge in [0.1, 0.15) is 0 Å². The molecule has 28 heavy (non-hydrogen) atoms. The zero-order valence-electron chi connectivity index (χ0n) is 15.7. The van der Waals surface area contributed by atoms with E-state index in [4.69, 9.17) is 5.73 Å². The summed E-state index contributed by atoms with van der Waals surface area (Å²) in [6, 6.07) is 13.5. The Morgan fingerprint density at radius 1 is 1.21 bits per heavy atom. The van der Waals surface area contributed by atoms with E-state index in [1.165, 1.54) is 11.7 Å². The molecule has 3 aromatic rings. The van der Waals surface area contributed by atoms with Crippen molar-refractivity contribution in [2.24, 2.45) is 11.5 Å². The normalized spacial score (nSPS) is 10.0. The summed E-state index contributed by atoms with van der Waals surface area (Å²) in [5, 5.41) is 15.9. The van der Waals surface area contributed by atoms with Gasteiger partial charge in [-0.2, -0.15) is 5.10 Å². The van der Waals surface area contributed by atoms with Gasteiger partial charge < -0.3 is 21.9 Å². The topological polar surface area (TPSA) is 136 Å². The lowest BCUT2D eigenvalue weighted by Crippen LogP contribution is -2.14. The van der Waals surface area contributed by atoms with Crippen LogP contribution in [0, 0.1) is 6.92 Å². The molecule has 0 aliphatic carbocycles. The van der Waals surface area contributed by atoms with E-state index in [1.54, 1.807) is 6.20 Å². The number of nitrogens with two attached hydrogens (primary N) is 2. The first-order valence-corrected chi connectivity index (χ1v) is 8.52. The zero-order valence-corrected chi connectivity index (χ0v) is 15.7. The quantitative estimate of drug-likeness (QED) is 0.481. The molecule has 0 aliphatic rings. The number of aryl methyl sites for hydroxylation is 1. The molecule has 0 spiro atoms. The van der Waals surface area contributed by atoms with E-state index in [0.717, 1.165) is 27.9 Å². The number of aliphatic hydroxyl groups excluding tert-OH is 1. The van der Waals surface area contributed by atoms with Gasteiger partial charge in [-0.3, -0.25) is 9.59 Å². The maximum absolute atomic E-state index is 11.5. The van der Waals surface area contributed by atoms with Gasteiger partial charge in [-0.1, -0.05) is 24.3 Å². The first-order valence-electron chi connectivity index (χ1n) is 8.52. The van der Waals surface area contributed by atoms with Gasteiger partial charge in [0, 0.05) is 0 Å². The molecular weight excluding hydrogens is 358 g/mol. The fourth-order valence-corrected chi connectivity index (χ4v) is 2.79. The number of amides is 2. The fraction of sp³-hybridized carbons (Fsp3) is 0.150. The summed E-state index contributed by atoms with van der Waals surface area (Å²) in [6.45, 7) is 1.91. The van der Waals surface area contributed by atoms with E-state index in [0.29, 0.717) is 6.41 Å². The predicted octanol–water partition coefficient (Wildman–Crippen LogP) is 1.58. The molecule has 0 saturated carbocycles. The molecule has 0 atom stereocenters. The Morgan fingerprint density at radius 2 is 1.93 bits per heavy atom. The number of anilines is 1. The van der Waals surface area contributed by atoms with Gasteiger partial charge in [-0.15, -0.1) is 0 Å². The maximum Gasteiger partial charge on any atom is 0.271 e. The molecule has 0 fully saturated rings. The van der Waals surface area contributed by atoms with E-state index in [9.17, 15) is 14.7 Å². The fourth-order valence-electron chi connectivity index (χ4n) is 2.79. The zero-order chi connectivity index (χ0) is 20.7. The van der Waals surface area contributed by atoms with Gasteiger partial charge in [0.25, 0.3) is 5.91 Å². The van der Waals surface area contributed by atoms with Crippen molar-refractivity contribution in [2.45, 2.75) is 13.5 Å².